The molecule has 0 spiro atoms. The molecule has 0 aromatic carbocycles. The minimum absolute atomic E-state index is 0.0710. The second-order valence-electron chi connectivity index (χ2n) is 4.38. The number of carboxylic acid groups (broad SMARTS) is 1. The molecule has 1 aromatic heterocycles. The van der Waals surface area contributed by atoms with Gasteiger partial charge < -0.3 is 14.9 Å². The number of carboxylic acids is 1. The van der Waals surface area contributed by atoms with Crippen LogP contribution < -0.4 is 0 Å². The maximum Gasteiger partial charge on any atom is 0.319 e. The topological polar surface area (TPSA) is 73.7 Å². The van der Waals surface area contributed by atoms with Gasteiger partial charge in [0.1, 0.15) is 0 Å². The van der Waals surface area contributed by atoms with Crippen LogP contribution in [-0.4, -0.2) is 52.5 Å². The molecule has 1 rings (SSSR count). The van der Waals surface area contributed by atoms with Crippen LogP contribution in [0.2, 0.25) is 0 Å². The maximum absolute atomic E-state index is 12.0. The predicted octanol–water partition coefficient (Wildman–Crippen LogP) is 1.43. The van der Waals surface area contributed by atoms with Crippen molar-refractivity contribution in [3.05, 3.63) is 30.1 Å². The van der Waals surface area contributed by atoms with Gasteiger partial charge in [0.2, 0.25) is 0 Å². The van der Waals surface area contributed by atoms with Gasteiger partial charge >= 0.3 is 12.0 Å². The Morgan fingerprint density at radius 3 is 2.58 bits per heavy atom. The highest BCUT2D eigenvalue weighted by molar-refractivity contribution is 5.73. The number of aliphatic carboxylic acids is 1. The molecule has 104 valence electrons. The summed E-state index contributed by atoms with van der Waals surface area (Å²) < 4.78 is 0. The molecule has 0 fully saturated rings. The Kier molecular flexibility index (Phi) is 5.78. The Labute approximate surface area is 112 Å². The molecule has 0 bridgehead atoms. The average Bonchev–Trinajstić information content (AvgIpc) is 2.38. The van der Waals surface area contributed by atoms with Crippen LogP contribution in [0.5, 0.6) is 0 Å². The lowest BCUT2D eigenvalue weighted by molar-refractivity contribution is -0.137. The first-order valence-electron chi connectivity index (χ1n) is 6.08. The number of hydrogen-bond donors (Lipinski definition) is 1. The van der Waals surface area contributed by atoms with Gasteiger partial charge in [-0.2, -0.15) is 0 Å². The highest BCUT2D eigenvalue weighted by Crippen LogP contribution is 2.03. The Morgan fingerprint density at radius 1 is 1.26 bits per heavy atom. The molecule has 0 aliphatic carbocycles. The smallest absolute Gasteiger partial charge is 0.319 e. The van der Waals surface area contributed by atoms with Crippen molar-refractivity contribution in [1.29, 1.82) is 0 Å². The molecule has 6 nitrogen and oxygen atoms in total. The van der Waals surface area contributed by atoms with Crippen molar-refractivity contribution in [2.24, 2.45) is 0 Å². The molecular formula is C13H19N3O3. The average molecular weight is 265 g/mol. The number of rotatable bonds is 6. The van der Waals surface area contributed by atoms with Crippen molar-refractivity contribution < 1.29 is 14.7 Å². The Balaban J connectivity index is 2.41. The first kappa shape index (κ1) is 14.9. The summed E-state index contributed by atoms with van der Waals surface area (Å²) in [6.45, 7) is 0.862. The van der Waals surface area contributed by atoms with Crippen molar-refractivity contribution in [3.8, 4) is 0 Å². The summed E-state index contributed by atoms with van der Waals surface area (Å²) in [7, 11) is 3.36. The SMILES string of the molecule is CN(CCCC(=O)O)C(=O)N(C)Cc1ccccn1. The van der Waals surface area contributed by atoms with Gasteiger partial charge in [0, 0.05) is 33.3 Å². The van der Waals surface area contributed by atoms with Gasteiger partial charge in [-0.1, -0.05) is 6.07 Å². The van der Waals surface area contributed by atoms with Crippen LogP contribution in [0.1, 0.15) is 18.5 Å². The number of hydrogen-bond acceptors (Lipinski definition) is 3. The molecule has 0 atom stereocenters. The van der Waals surface area contributed by atoms with E-state index in [-0.39, 0.29) is 12.5 Å². The van der Waals surface area contributed by atoms with Crippen LogP contribution in [-0.2, 0) is 11.3 Å². The summed E-state index contributed by atoms with van der Waals surface area (Å²) in [6, 6.07) is 5.41. The Bertz CT molecular complexity index is 422. The molecule has 6 heteroatoms. The van der Waals surface area contributed by atoms with Crippen LogP contribution in [0.4, 0.5) is 4.79 Å². The van der Waals surface area contributed by atoms with E-state index >= 15 is 0 Å². The normalized spacial score (nSPS) is 10.0. The Morgan fingerprint density at radius 2 is 2.00 bits per heavy atom. The number of nitrogens with zero attached hydrogens (tertiary/aromatic N) is 3. The largest absolute Gasteiger partial charge is 0.481 e. The summed E-state index contributed by atoms with van der Waals surface area (Å²) in [4.78, 5) is 29.6. The monoisotopic (exact) mass is 265 g/mol. The van der Waals surface area contributed by atoms with E-state index in [1.54, 1.807) is 25.2 Å². The molecular weight excluding hydrogens is 246 g/mol. The molecule has 1 aromatic rings. The fraction of sp³-hybridized carbons (Fsp3) is 0.462. The third-order valence-electron chi connectivity index (χ3n) is 2.66. The maximum atomic E-state index is 12.0. The first-order chi connectivity index (χ1) is 9.00. The zero-order valence-corrected chi connectivity index (χ0v) is 11.2. The third kappa shape index (κ3) is 5.37. The second-order valence-corrected chi connectivity index (χ2v) is 4.38. The molecule has 0 unspecified atom stereocenters. The molecule has 2 amide bonds. The van der Waals surface area contributed by atoms with Crippen molar-refractivity contribution >= 4 is 12.0 Å². The standard InChI is InChI=1S/C13H19N3O3/c1-15(9-5-7-12(17)18)13(19)16(2)10-11-6-3-4-8-14-11/h3-4,6,8H,5,7,9-10H2,1-2H3,(H,17,18). The van der Waals surface area contributed by atoms with E-state index in [1.165, 1.54) is 4.90 Å². The molecule has 0 aliphatic rings. The molecule has 0 aliphatic heterocycles. The van der Waals surface area contributed by atoms with Gasteiger partial charge in [-0.3, -0.25) is 9.78 Å². The number of aromatic nitrogens is 1. The molecule has 19 heavy (non-hydrogen) atoms. The van der Waals surface area contributed by atoms with Crippen molar-refractivity contribution in [2.75, 3.05) is 20.6 Å². The van der Waals surface area contributed by atoms with Crippen molar-refractivity contribution in [3.63, 3.8) is 0 Å². The van der Waals surface area contributed by atoms with Crippen LogP contribution in [0.25, 0.3) is 0 Å². The van der Waals surface area contributed by atoms with E-state index < -0.39 is 5.97 Å². The third-order valence-corrected chi connectivity index (χ3v) is 2.66. The summed E-state index contributed by atoms with van der Waals surface area (Å²) in [5, 5.41) is 8.55. The van der Waals surface area contributed by atoms with E-state index in [9.17, 15) is 9.59 Å². The van der Waals surface area contributed by atoms with Crippen molar-refractivity contribution in [2.45, 2.75) is 19.4 Å². The number of urea groups is 1. The van der Waals surface area contributed by atoms with Gasteiger partial charge in [-0.05, 0) is 18.6 Å². The van der Waals surface area contributed by atoms with Crippen LogP contribution in [0.3, 0.4) is 0 Å². The molecule has 1 N–H and O–H groups in total. The highest BCUT2D eigenvalue weighted by atomic mass is 16.4. The first-order valence-corrected chi connectivity index (χ1v) is 6.08. The minimum Gasteiger partial charge on any atom is -0.481 e. The molecule has 0 saturated heterocycles. The van der Waals surface area contributed by atoms with E-state index in [1.807, 2.05) is 18.2 Å². The van der Waals surface area contributed by atoms with Gasteiger partial charge in [-0.25, -0.2) is 4.79 Å². The van der Waals surface area contributed by atoms with E-state index in [2.05, 4.69) is 4.98 Å². The summed E-state index contributed by atoms with van der Waals surface area (Å²) in [6.07, 6.45) is 2.21. The Hall–Kier alpha value is -2.11. The van der Waals surface area contributed by atoms with Gasteiger partial charge in [0.25, 0.3) is 0 Å². The predicted molar refractivity (Wildman–Crippen MR) is 70.6 cm³/mol. The number of carbonyl (C=O) groups is 2. The highest BCUT2D eigenvalue weighted by Gasteiger charge is 2.14. The van der Waals surface area contributed by atoms with E-state index in [0.717, 1.165) is 5.69 Å². The minimum atomic E-state index is -0.845. The van der Waals surface area contributed by atoms with Gasteiger partial charge in [0.05, 0.1) is 12.2 Å². The fourth-order valence-electron chi connectivity index (χ4n) is 1.66. The quantitative estimate of drug-likeness (QED) is 0.844. The molecule has 0 saturated carbocycles. The fourth-order valence-corrected chi connectivity index (χ4v) is 1.66. The lowest BCUT2D eigenvalue weighted by Crippen LogP contribution is -2.39. The van der Waals surface area contributed by atoms with E-state index in [4.69, 9.17) is 5.11 Å². The second kappa shape index (κ2) is 7.35. The molecule has 1 heterocycles. The van der Waals surface area contributed by atoms with Crippen LogP contribution in [0, 0.1) is 0 Å². The van der Waals surface area contributed by atoms with Gasteiger partial charge in [0.15, 0.2) is 0 Å². The summed E-state index contributed by atoms with van der Waals surface area (Å²) >= 11 is 0. The number of carbonyl (C=O) groups excluding carboxylic acids is 1. The van der Waals surface area contributed by atoms with Crippen LogP contribution in [0.15, 0.2) is 24.4 Å². The van der Waals surface area contributed by atoms with Gasteiger partial charge in [-0.15, -0.1) is 0 Å². The lowest BCUT2D eigenvalue weighted by atomic mass is 10.3. The van der Waals surface area contributed by atoms with Crippen LogP contribution >= 0.6 is 0 Å². The zero-order valence-electron chi connectivity index (χ0n) is 11.2. The lowest BCUT2D eigenvalue weighted by Gasteiger charge is -2.24. The number of amides is 2. The number of pyridine rings is 1. The summed E-state index contributed by atoms with van der Waals surface area (Å²) in [5.74, 6) is -0.845. The summed E-state index contributed by atoms with van der Waals surface area (Å²) in [5.41, 5.74) is 0.817. The van der Waals surface area contributed by atoms with E-state index in [0.29, 0.717) is 19.5 Å². The zero-order chi connectivity index (χ0) is 14.3. The van der Waals surface area contributed by atoms with Crippen molar-refractivity contribution in [1.82, 2.24) is 14.8 Å². The molecule has 0 radical (unpaired) electrons.